The van der Waals surface area contributed by atoms with Crippen LogP contribution in [-0.2, 0) is 13.1 Å². The van der Waals surface area contributed by atoms with E-state index in [2.05, 4.69) is 38.3 Å². The Morgan fingerprint density at radius 3 is 3.00 bits per heavy atom. The summed E-state index contributed by atoms with van der Waals surface area (Å²) >= 11 is 5.09. The van der Waals surface area contributed by atoms with Crippen LogP contribution in [0.25, 0.3) is 0 Å². The van der Waals surface area contributed by atoms with E-state index in [1.807, 2.05) is 23.3 Å². The fourth-order valence-corrected chi connectivity index (χ4v) is 2.60. The number of halogens is 1. The summed E-state index contributed by atoms with van der Waals surface area (Å²) in [5.74, 6) is 0. The van der Waals surface area contributed by atoms with Crippen molar-refractivity contribution in [2.24, 2.45) is 0 Å². The van der Waals surface area contributed by atoms with E-state index in [4.69, 9.17) is 0 Å². The molecule has 0 aliphatic carbocycles. The fraction of sp³-hybridized carbons (Fsp3) is 0.455. The number of nitrogens with one attached hydrogen (secondary N) is 1. The highest BCUT2D eigenvalue weighted by atomic mass is 79.9. The molecule has 1 N–H and O–H groups in total. The van der Waals surface area contributed by atoms with Crippen LogP contribution in [0.4, 0.5) is 0 Å². The van der Waals surface area contributed by atoms with Crippen molar-refractivity contribution < 1.29 is 0 Å². The summed E-state index contributed by atoms with van der Waals surface area (Å²) in [6, 6.07) is 0.378. The van der Waals surface area contributed by atoms with Crippen LogP contribution in [0.5, 0.6) is 0 Å². The minimum atomic E-state index is 0.378. The van der Waals surface area contributed by atoms with Crippen molar-refractivity contribution in [2.45, 2.75) is 33.0 Å². The van der Waals surface area contributed by atoms with Gasteiger partial charge in [0.15, 0.2) is 0 Å². The topological polar surface area (TPSA) is 42.7 Å². The van der Waals surface area contributed by atoms with Gasteiger partial charge in [-0.2, -0.15) is 5.10 Å². The van der Waals surface area contributed by atoms with E-state index >= 15 is 0 Å². The molecule has 2 aromatic heterocycles. The van der Waals surface area contributed by atoms with Crippen molar-refractivity contribution in [1.82, 2.24) is 20.1 Å². The molecule has 0 aliphatic rings. The quantitative estimate of drug-likeness (QED) is 0.922. The number of hydrogen-bond donors (Lipinski definition) is 1. The van der Waals surface area contributed by atoms with E-state index in [1.165, 1.54) is 4.88 Å². The standard InChI is InChI=1S/C11H15BrN4S/c1-8(5-16-6-10(12)3-15-16)13-4-11-9(2)14-7-17-11/h3,6-8,13H,4-5H2,1-2H3/t8-/m0/s1. The third-order valence-corrected chi connectivity index (χ3v) is 3.86. The molecule has 0 saturated carbocycles. The highest BCUT2D eigenvalue weighted by Gasteiger charge is 2.06. The number of rotatable bonds is 5. The zero-order valence-electron chi connectivity index (χ0n) is 9.85. The van der Waals surface area contributed by atoms with Crippen LogP contribution in [0.3, 0.4) is 0 Å². The predicted octanol–water partition coefficient (Wildman–Crippen LogP) is 2.59. The molecule has 0 bridgehead atoms. The van der Waals surface area contributed by atoms with E-state index in [9.17, 15) is 0 Å². The third-order valence-electron chi connectivity index (χ3n) is 2.52. The summed E-state index contributed by atoms with van der Waals surface area (Å²) in [6.07, 6.45) is 3.79. The Morgan fingerprint density at radius 2 is 2.41 bits per heavy atom. The van der Waals surface area contributed by atoms with Gasteiger partial charge in [-0.1, -0.05) is 0 Å². The molecule has 0 unspecified atom stereocenters. The number of thiazole rings is 1. The molecular weight excluding hydrogens is 300 g/mol. The summed E-state index contributed by atoms with van der Waals surface area (Å²) < 4.78 is 2.95. The smallest absolute Gasteiger partial charge is 0.0798 e. The highest BCUT2D eigenvalue weighted by molar-refractivity contribution is 9.10. The zero-order valence-corrected chi connectivity index (χ0v) is 12.3. The van der Waals surface area contributed by atoms with Gasteiger partial charge < -0.3 is 5.32 Å². The first-order valence-electron chi connectivity index (χ1n) is 5.45. The van der Waals surface area contributed by atoms with Crippen molar-refractivity contribution in [3.8, 4) is 0 Å². The molecule has 0 saturated heterocycles. The fourth-order valence-electron chi connectivity index (χ4n) is 1.55. The molecule has 0 spiro atoms. The second-order valence-corrected chi connectivity index (χ2v) is 5.88. The monoisotopic (exact) mass is 314 g/mol. The van der Waals surface area contributed by atoms with Gasteiger partial charge in [-0.3, -0.25) is 4.68 Å². The van der Waals surface area contributed by atoms with Gasteiger partial charge in [-0.25, -0.2) is 4.98 Å². The molecule has 17 heavy (non-hydrogen) atoms. The number of nitrogens with zero attached hydrogens (tertiary/aromatic N) is 3. The van der Waals surface area contributed by atoms with Gasteiger partial charge >= 0.3 is 0 Å². The average molecular weight is 315 g/mol. The first-order chi connectivity index (χ1) is 8.15. The summed E-state index contributed by atoms with van der Waals surface area (Å²) in [6.45, 7) is 5.94. The maximum absolute atomic E-state index is 4.24. The third kappa shape index (κ3) is 3.62. The first kappa shape index (κ1) is 12.7. The van der Waals surface area contributed by atoms with Crippen molar-refractivity contribution in [3.05, 3.63) is 32.9 Å². The molecule has 6 heteroatoms. The van der Waals surface area contributed by atoms with Gasteiger partial charge in [0.1, 0.15) is 0 Å². The summed E-state index contributed by atoms with van der Waals surface area (Å²) in [5.41, 5.74) is 3.01. The predicted molar refractivity (Wildman–Crippen MR) is 73.1 cm³/mol. The average Bonchev–Trinajstić information content (AvgIpc) is 2.85. The lowest BCUT2D eigenvalue weighted by Crippen LogP contribution is -2.30. The minimum absolute atomic E-state index is 0.378. The Balaban J connectivity index is 1.82. The molecule has 2 heterocycles. The SMILES string of the molecule is Cc1ncsc1CN[C@@H](C)Cn1cc(Br)cn1. The largest absolute Gasteiger partial charge is 0.307 e. The second-order valence-electron chi connectivity index (χ2n) is 4.02. The van der Waals surface area contributed by atoms with Crippen LogP contribution in [0.2, 0.25) is 0 Å². The number of aryl methyl sites for hydroxylation is 1. The van der Waals surface area contributed by atoms with Crippen LogP contribution in [0.15, 0.2) is 22.4 Å². The molecule has 4 nitrogen and oxygen atoms in total. The molecule has 0 aromatic carbocycles. The molecule has 0 amide bonds. The van der Waals surface area contributed by atoms with Crippen LogP contribution in [0, 0.1) is 6.92 Å². The molecule has 0 radical (unpaired) electrons. The number of aromatic nitrogens is 3. The van der Waals surface area contributed by atoms with Crippen molar-refractivity contribution in [3.63, 3.8) is 0 Å². The molecule has 0 fully saturated rings. The van der Waals surface area contributed by atoms with Crippen LogP contribution < -0.4 is 5.32 Å². The van der Waals surface area contributed by atoms with Crippen LogP contribution in [-0.4, -0.2) is 20.8 Å². The molecule has 92 valence electrons. The van der Waals surface area contributed by atoms with E-state index in [0.717, 1.165) is 23.3 Å². The maximum atomic E-state index is 4.24. The highest BCUT2D eigenvalue weighted by Crippen LogP contribution is 2.12. The van der Waals surface area contributed by atoms with Gasteiger partial charge in [0.2, 0.25) is 0 Å². The second kappa shape index (κ2) is 5.75. The normalized spacial score (nSPS) is 12.9. The molecule has 0 aliphatic heterocycles. The maximum Gasteiger partial charge on any atom is 0.0798 e. The van der Waals surface area contributed by atoms with Gasteiger partial charge in [-0.15, -0.1) is 11.3 Å². The Hall–Kier alpha value is -0.720. The van der Waals surface area contributed by atoms with Crippen molar-refractivity contribution >= 4 is 27.3 Å². The summed E-state index contributed by atoms with van der Waals surface area (Å²) in [4.78, 5) is 5.54. The lowest BCUT2D eigenvalue weighted by atomic mass is 10.3. The summed E-state index contributed by atoms with van der Waals surface area (Å²) in [7, 11) is 0. The molecule has 2 aromatic rings. The zero-order chi connectivity index (χ0) is 12.3. The van der Waals surface area contributed by atoms with E-state index in [1.54, 1.807) is 17.5 Å². The number of hydrogen-bond acceptors (Lipinski definition) is 4. The Morgan fingerprint density at radius 1 is 1.59 bits per heavy atom. The Bertz CT molecular complexity index is 479. The Labute approximate surface area is 113 Å². The van der Waals surface area contributed by atoms with Gasteiger partial charge in [0.25, 0.3) is 0 Å². The van der Waals surface area contributed by atoms with Gasteiger partial charge in [-0.05, 0) is 29.8 Å². The van der Waals surface area contributed by atoms with E-state index in [0.29, 0.717) is 6.04 Å². The van der Waals surface area contributed by atoms with Crippen LogP contribution >= 0.6 is 27.3 Å². The van der Waals surface area contributed by atoms with Crippen molar-refractivity contribution in [2.75, 3.05) is 0 Å². The van der Waals surface area contributed by atoms with E-state index in [-0.39, 0.29) is 0 Å². The Kier molecular flexibility index (Phi) is 4.31. The van der Waals surface area contributed by atoms with Gasteiger partial charge in [0, 0.05) is 23.7 Å². The first-order valence-corrected chi connectivity index (χ1v) is 7.12. The van der Waals surface area contributed by atoms with Crippen LogP contribution in [0.1, 0.15) is 17.5 Å². The van der Waals surface area contributed by atoms with E-state index < -0.39 is 0 Å². The molecule has 1 atom stereocenters. The molecular formula is C11H15BrN4S. The summed E-state index contributed by atoms with van der Waals surface area (Å²) in [5, 5.41) is 7.72. The van der Waals surface area contributed by atoms with Crippen molar-refractivity contribution in [1.29, 1.82) is 0 Å². The lowest BCUT2D eigenvalue weighted by Gasteiger charge is -2.13. The minimum Gasteiger partial charge on any atom is -0.307 e. The lowest BCUT2D eigenvalue weighted by molar-refractivity contribution is 0.452. The van der Waals surface area contributed by atoms with Gasteiger partial charge in [0.05, 0.1) is 28.4 Å². The molecule has 2 rings (SSSR count).